The van der Waals surface area contributed by atoms with E-state index in [9.17, 15) is 4.79 Å². The zero-order valence-electron chi connectivity index (χ0n) is 10.0. The van der Waals surface area contributed by atoms with Gasteiger partial charge in [0.25, 0.3) is 0 Å². The van der Waals surface area contributed by atoms with Crippen LogP contribution < -0.4 is 5.32 Å². The molecule has 0 amide bonds. The first-order valence-corrected chi connectivity index (χ1v) is 6.68. The predicted molar refractivity (Wildman–Crippen MR) is 63.4 cm³/mol. The van der Waals surface area contributed by atoms with E-state index in [-0.39, 0.29) is 0 Å². The Labute approximate surface area is 97.9 Å². The molecule has 0 saturated carbocycles. The van der Waals surface area contributed by atoms with Gasteiger partial charge in [-0.15, -0.1) is 0 Å². The summed E-state index contributed by atoms with van der Waals surface area (Å²) in [7, 11) is 0. The van der Waals surface area contributed by atoms with Crippen molar-refractivity contribution in [1.29, 1.82) is 0 Å². The van der Waals surface area contributed by atoms with Gasteiger partial charge in [0.05, 0.1) is 6.10 Å². The van der Waals surface area contributed by atoms with Crippen LogP contribution >= 0.6 is 0 Å². The lowest BCUT2D eigenvalue weighted by atomic mass is 9.92. The van der Waals surface area contributed by atoms with Crippen LogP contribution in [0.1, 0.15) is 44.9 Å². The van der Waals surface area contributed by atoms with Crippen molar-refractivity contribution in [3.8, 4) is 0 Å². The maximum atomic E-state index is 11.8. The summed E-state index contributed by atoms with van der Waals surface area (Å²) >= 11 is 0. The van der Waals surface area contributed by atoms with Gasteiger partial charge >= 0.3 is 0 Å². The first-order chi connectivity index (χ1) is 7.84. The average molecular weight is 225 g/mol. The number of ether oxygens (including phenoxy) is 1. The lowest BCUT2D eigenvalue weighted by molar-refractivity contribution is -0.120. The highest BCUT2D eigenvalue weighted by Gasteiger charge is 2.19. The van der Waals surface area contributed by atoms with Crippen LogP contribution in [0.4, 0.5) is 0 Å². The van der Waals surface area contributed by atoms with Gasteiger partial charge in [-0.05, 0) is 51.1 Å². The first-order valence-electron chi connectivity index (χ1n) is 6.68. The third-order valence-electron chi connectivity index (χ3n) is 3.68. The van der Waals surface area contributed by atoms with Crippen LogP contribution in [0.15, 0.2) is 0 Å². The van der Waals surface area contributed by atoms with E-state index in [2.05, 4.69) is 5.32 Å². The molecule has 2 saturated heterocycles. The van der Waals surface area contributed by atoms with Crippen molar-refractivity contribution in [2.45, 2.75) is 51.0 Å². The molecule has 3 nitrogen and oxygen atoms in total. The fraction of sp³-hybridized carbons (Fsp3) is 0.923. The second-order valence-electron chi connectivity index (χ2n) is 5.13. The molecule has 0 aromatic heterocycles. The molecular formula is C13H23NO2. The van der Waals surface area contributed by atoms with Crippen molar-refractivity contribution in [2.24, 2.45) is 5.92 Å². The highest BCUT2D eigenvalue weighted by molar-refractivity contribution is 5.78. The fourth-order valence-corrected chi connectivity index (χ4v) is 2.72. The minimum absolute atomic E-state index is 0.369. The van der Waals surface area contributed by atoms with Crippen LogP contribution in [0.5, 0.6) is 0 Å². The van der Waals surface area contributed by atoms with Crippen molar-refractivity contribution in [1.82, 2.24) is 5.32 Å². The third-order valence-corrected chi connectivity index (χ3v) is 3.68. The highest BCUT2D eigenvalue weighted by Crippen LogP contribution is 2.19. The van der Waals surface area contributed by atoms with E-state index in [1.807, 2.05) is 0 Å². The van der Waals surface area contributed by atoms with E-state index in [0.29, 0.717) is 17.8 Å². The summed E-state index contributed by atoms with van der Waals surface area (Å²) in [6.45, 7) is 3.05. The molecular weight excluding hydrogens is 202 g/mol. The summed E-state index contributed by atoms with van der Waals surface area (Å²) in [5.74, 6) is 1.02. The molecule has 2 atom stereocenters. The fourth-order valence-electron chi connectivity index (χ4n) is 2.72. The third kappa shape index (κ3) is 3.87. The van der Waals surface area contributed by atoms with E-state index >= 15 is 0 Å². The summed E-state index contributed by atoms with van der Waals surface area (Å²) in [5.41, 5.74) is 0. The number of ketones is 1. The van der Waals surface area contributed by atoms with Gasteiger partial charge in [-0.25, -0.2) is 0 Å². The van der Waals surface area contributed by atoms with Crippen molar-refractivity contribution in [3.63, 3.8) is 0 Å². The van der Waals surface area contributed by atoms with Gasteiger partial charge in [0, 0.05) is 19.4 Å². The zero-order valence-corrected chi connectivity index (χ0v) is 10.0. The van der Waals surface area contributed by atoms with Gasteiger partial charge in [0.15, 0.2) is 0 Å². The van der Waals surface area contributed by atoms with Gasteiger partial charge in [-0.1, -0.05) is 0 Å². The van der Waals surface area contributed by atoms with Gasteiger partial charge in [-0.3, -0.25) is 4.79 Å². The number of carbonyl (C=O) groups is 1. The number of nitrogens with one attached hydrogen (secondary N) is 1. The van der Waals surface area contributed by atoms with Gasteiger partial charge in [0.2, 0.25) is 0 Å². The number of rotatable bonds is 5. The minimum atomic E-state index is 0.369. The van der Waals surface area contributed by atoms with Gasteiger partial charge in [0.1, 0.15) is 5.78 Å². The number of Topliss-reactive ketones (excluding diaryl/α,β-unsaturated/α-hetero) is 1. The normalized spacial score (nSPS) is 30.5. The van der Waals surface area contributed by atoms with Gasteiger partial charge < -0.3 is 10.1 Å². The Morgan fingerprint density at radius 1 is 1.31 bits per heavy atom. The van der Waals surface area contributed by atoms with E-state index < -0.39 is 0 Å². The molecule has 92 valence electrons. The summed E-state index contributed by atoms with van der Waals surface area (Å²) in [4.78, 5) is 11.8. The molecule has 2 rings (SSSR count). The molecule has 0 aromatic carbocycles. The number of hydrogen-bond donors (Lipinski definition) is 1. The summed E-state index contributed by atoms with van der Waals surface area (Å²) in [6, 6.07) is 0. The molecule has 2 heterocycles. The molecule has 2 aliphatic rings. The maximum Gasteiger partial charge on any atom is 0.133 e. The second kappa shape index (κ2) is 6.36. The Hall–Kier alpha value is -0.410. The van der Waals surface area contributed by atoms with Gasteiger partial charge in [-0.2, -0.15) is 0 Å². The molecule has 1 N–H and O–H groups in total. The maximum absolute atomic E-state index is 11.8. The molecule has 2 unspecified atom stereocenters. The van der Waals surface area contributed by atoms with Crippen LogP contribution in [-0.4, -0.2) is 31.6 Å². The van der Waals surface area contributed by atoms with Crippen LogP contribution in [0.3, 0.4) is 0 Å². The standard InChI is InChI=1S/C13H23NO2/c15-12(5-6-13-4-2-8-16-13)9-11-3-1-7-14-10-11/h11,13-14H,1-10H2. The molecule has 2 aliphatic heterocycles. The molecule has 16 heavy (non-hydrogen) atoms. The van der Waals surface area contributed by atoms with Crippen molar-refractivity contribution < 1.29 is 9.53 Å². The van der Waals surface area contributed by atoms with Crippen LogP contribution in [0.25, 0.3) is 0 Å². The van der Waals surface area contributed by atoms with Crippen LogP contribution in [0.2, 0.25) is 0 Å². The number of hydrogen-bond acceptors (Lipinski definition) is 3. The van der Waals surface area contributed by atoms with Crippen molar-refractivity contribution >= 4 is 5.78 Å². The van der Waals surface area contributed by atoms with E-state index in [1.165, 1.54) is 19.3 Å². The number of piperidine rings is 1. The lowest BCUT2D eigenvalue weighted by Gasteiger charge is -2.22. The van der Waals surface area contributed by atoms with E-state index in [1.54, 1.807) is 0 Å². The lowest BCUT2D eigenvalue weighted by Crippen LogP contribution is -2.31. The van der Waals surface area contributed by atoms with Crippen LogP contribution in [-0.2, 0) is 9.53 Å². The average Bonchev–Trinajstić information content (AvgIpc) is 2.81. The molecule has 0 bridgehead atoms. The number of carbonyl (C=O) groups excluding carboxylic acids is 1. The summed E-state index contributed by atoms with van der Waals surface area (Å²) < 4.78 is 5.53. The molecule has 0 aromatic rings. The predicted octanol–water partition coefficient (Wildman–Crippen LogP) is 1.90. The zero-order chi connectivity index (χ0) is 11.2. The smallest absolute Gasteiger partial charge is 0.133 e. The first kappa shape index (κ1) is 12.1. The second-order valence-corrected chi connectivity index (χ2v) is 5.13. The largest absolute Gasteiger partial charge is 0.378 e. The Kier molecular flexibility index (Phi) is 4.79. The molecule has 0 radical (unpaired) electrons. The van der Waals surface area contributed by atoms with Crippen molar-refractivity contribution in [3.05, 3.63) is 0 Å². The Bertz CT molecular complexity index is 218. The van der Waals surface area contributed by atoms with Crippen LogP contribution in [0, 0.1) is 5.92 Å². The Morgan fingerprint density at radius 3 is 2.94 bits per heavy atom. The molecule has 0 spiro atoms. The molecule has 0 aliphatic carbocycles. The van der Waals surface area contributed by atoms with E-state index in [0.717, 1.165) is 45.4 Å². The highest BCUT2D eigenvalue weighted by atomic mass is 16.5. The Morgan fingerprint density at radius 2 is 2.25 bits per heavy atom. The van der Waals surface area contributed by atoms with Crippen molar-refractivity contribution in [2.75, 3.05) is 19.7 Å². The molecule has 2 fully saturated rings. The minimum Gasteiger partial charge on any atom is -0.378 e. The topological polar surface area (TPSA) is 38.3 Å². The monoisotopic (exact) mass is 225 g/mol. The quantitative estimate of drug-likeness (QED) is 0.776. The molecule has 3 heteroatoms. The SMILES string of the molecule is O=C(CCC1CCCO1)CC1CCCNC1. The Balaban J connectivity index is 1.59. The van der Waals surface area contributed by atoms with E-state index in [4.69, 9.17) is 4.74 Å². The summed E-state index contributed by atoms with van der Waals surface area (Å²) in [5, 5.41) is 3.36. The summed E-state index contributed by atoms with van der Waals surface area (Å²) in [6.07, 6.45) is 7.58.